The molecule has 5 nitrogen and oxygen atoms in total. The predicted octanol–water partition coefficient (Wildman–Crippen LogP) is 0.670. The average molecular weight is 215 g/mol. The molecule has 0 N–H and O–H groups in total. The Morgan fingerprint density at radius 1 is 1.21 bits per heavy atom. The number of aromatic nitrogens is 3. The molecule has 0 amide bonds. The molecule has 0 aliphatic carbocycles. The predicted molar refractivity (Wildman–Crippen MR) is 52.6 cm³/mol. The molecule has 0 atom stereocenters. The number of hydrogen-bond acceptors (Lipinski definition) is 5. The summed E-state index contributed by atoms with van der Waals surface area (Å²) in [6, 6.07) is 0. The Morgan fingerprint density at radius 2 is 1.93 bits per heavy atom. The summed E-state index contributed by atoms with van der Waals surface area (Å²) in [6.45, 7) is 4.84. The summed E-state index contributed by atoms with van der Waals surface area (Å²) in [6.07, 6.45) is 0. The highest BCUT2D eigenvalue weighted by Crippen LogP contribution is 2.11. The van der Waals surface area contributed by atoms with Crippen LogP contribution >= 0.6 is 11.6 Å². The van der Waals surface area contributed by atoms with Gasteiger partial charge in [0.1, 0.15) is 5.82 Å². The van der Waals surface area contributed by atoms with E-state index in [0.717, 1.165) is 13.1 Å². The topological polar surface area (TPSA) is 51.1 Å². The zero-order chi connectivity index (χ0) is 9.97. The summed E-state index contributed by atoms with van der Waals surface area (Å²) >= 11 is 5.75. The molecule has 1 aliphatic heterocycles. The molecule has 1 aliphatic rings. The van der Waals surface area contributed by atoms with Crippen LogP contribution in [0.15, 0.2) is 0 Å². The van der Waals surface area contributed by atoms with Gasteiger partial charge in [-0.2, -0.15) is 9.97 Å². The molecular formula is C8H11ClN4O. The van der Waals surface area contributed by atoms with Crippen LogP contribution in [0.5, 0.6) is 0 Å². The lowest BCUT2D eigenvalue weighted by Crippen LogP contribution is -2.37. The molecule has 76 valence electrons. The summed E-state index contributed by atoms with van der Waals surface area (Å²) in [5.74, 6) is 1.29. The Balaban J connectivity index is 2.21. The molecule has 1 saturated heterocycles. The molecule has 0 radical (unpaired) electrons. The van der Waals surface area contributed by atoms with Crippen LogP contribution in [0.25, 0.3) is 0 Å². The lowest BCUT2D eigenvalue weighted by Gasteiger charge is -2.26. The third kappa shape index (κ3) is 2.10. The first-order chi connectivity index (χ1) is 6.75. The molecule has 2 rings (SSSR count). The number of morpholine rings is 1. The molecule has 0 aromatic carbocycles. The number of halogens is 1. The molecule has 1 aromatic rings. The van der Waals surface area contributed by atoms with Crippen LogP contribution in [0.3, 0.4) is 0 Å². The molecule has 2 heterocycles. The molecule has 0 unspecified atom stereocenters. The molecular weight excluding hydrogens is 204 g/mol. The van der Waals surface area contributed by atoms with Crippen molar-refractivity contribution in [2.45, 2.75) is 6.92 Å². The maximum absolute atomic E-state index is 5.75. The van der Waals surface area contributed by atoms with Crippen LogP contribution in [-0.4, -0.2) is 41.3 Å². The van der Waals surface area contributed by atoms with Crippen molar-refractivity contribution in [3.8, 4) is 0 Å². The van der Waals surface area contributed by atoms with E-state index in [4.69, 9.17) is 16.3 Å². The summed E-state index contributed by atoms with van der Waals surface area (Å²) in [4.78, 5) is 14.3. The van der Waals surface area contributed by atoms with Gasteiger partial charge in [0, 0.05) is 13.1 Å². The minimum atomic E-state index is 0.249. The van der Waals surface area contributed by atoms with Crippen LogP contribution < -0.4 is 4.90 Å². The smallest absolute Gasteiger partial charge is 0.230 e. The minimum Gasteiger partial charge on any atom is -0.378 e. The Kier molecular flexibility index (Phi) is 2.79. The van der Waals surface area contributed by atoms with Crippen LogP contribution in [0.2, 0.25) is 5.28 Å². The maximum Gasteiger partial charge on any atom is 0.230 e. The third-order valence-electron chi connectivity index (χ3n) is 2.00. The molecule has 1 aromatic heterocycles. The van der Waals surface area contributed by atoms with Crippen molar-refractivity contribution in [2.75, 3.05) is 31.2 Å². The van der Waals surface area contributed by atoms with Crippen LogP contribution in [0.4, 0.5) is 5.95 Å². The van der Waals surface area contributed by atoms with E-state index >= 15 is 0 Å². The van der Waals surface area contributed by atoms with E-state index in [1.165, 1.54) is 0 Å². The van der Waals surface area contributed by atoms with Crippen LogP contribution in [0.1, 0.15) is 5.82 Å². The molecule has 0 saturated carbocycles. The molecule has 14 heavy (non-hydrogen) atoms. The highest BCUT2D eigenvalue weighted by molar-refractivity contribution is 6.28. The van der Waals surface area contributed by atoms with Gasteiger partial charge in [0.2, 0.25) is 11.2 Å². The minimum absolute atomic E-state index is 0.249. The standard InChI is InChI=1S/C8H11ClN4O/c1-6-10-7(9)12-8(11-6)13-2-4-14-5-3-13/h2-5H2,1H3. The highest BCUT2D eigenvalue weighted by Gasteiger charge is 2.14. The number of nitrogens with zero attached hydrogens (tertiary/aromatic N) is 4. The first-order valence-corrected chi connectivity index (χ1v) is 4.84. The SMILES string of the molecule is Cc1nc(Cl)nc(N2CCOCC2)n1. The second kappa shape index (κ2) is 4.06. The zero-order valence-corrected chi connectivity index (χ0v) is 8.66. The largest absolute Gasteiger partial charge is 0.378 e. The van der Waals surface area contributed by atoms with Gasteiger partial charge in [0.05, 0.1) is 13.2 Å². The first-order valence-electron chi connectivity index (χ1n) is 4.46. The summed E-state index contributed by atoms with van der Waals surface area (Å²) in [5.41, 5.74) is 0. The molecule has 1 fully saturated rings. The Labute approximate surface area is 87.1 Å². The van der Waals surface area contributed by atoms with E-state index in [9.17, 15) is 0 Å². The molecule has 0 bridgehead atoms. The lowest BCUT2D eigenvalue weighted by atomic mass is 10.4. The van der Waals surface area contributed by atoms with Crippen LogP contribution in [0, 0.1) is 6.92 Å². The van der Waals surface area contributed by atoms with Gasteiger partial charge in [-0.1, -0.05) is 0 Å². The van der Waals surface area contributed by atoms with Crippen molar-refractivity contribution in [1.82, 2.24) is 15.0 Å². The number of anilines is 1. The lowest BCUT2D eigenvalue weighted by molar-refractivity contribution is 0.122. The van der Waals surface area contributed by atoms with E-state index in [2.05, 4.69) is 15.0 Å². The number of hydrogen-bond donors (Lipinski definition) is 0. The Hall–Kier alpha value is -0.940. The van der Waals surface area contributed by atoms with Gasteiger partial charge in [0.15, 0.2) is 0 Å². The summed E-state index contributed by atoms with van der Waals surface area (Å²) < 4.78 is 5.24. The highest BCUT2D eigenvalue weighted by atomic mass is 35.5. The van der Waals surface area contributed by atoms with Gasteiger partial charge in [-0.15, -0.1) is 0 Å². The zero-order valence-electron chi connectivity index (χ0n) is 7.90. The van der Waals surface area contributed by atoms with Crippen molar-refractivity contribution in [3.63, 3.8) is 0 Å². The van der Waals surface area contributed by atoms with Gasteiger partial charge in [-0.3, -0.25) is 0 Å². The summed E-state index contributed by atoms with van der Waals surface area (Å²) in [7, 11) is 0. The fraction of sp³-hybridized carbons (Fsp3) is 0.625. The molecule has 0 spiro atoms. The van der Waals surface area contributed by atoms with Crippen LogP contribution in [-0.2, 0) is 4.74 Å². The van der Waals surface area contributed by atoms with Gasteiger partial charge in [0.25, 0.3) is 0 Å². The van der Waals surface area contributed by atoms with E-state index in [1.54, 1.807) is 6.92 Å². The third-order valence-corrected chi connectivity index (χ3v) is 2.17. The second-order valence-corrected chi connectivity index (χ2v) is 3.39. The quantitative estimate of drug-likeness (QED) is 0.688. The Morgan fingerprint density at radius 3 is 2.57 bits per heavy atom. The average Bonchev–Trinajstić information content (AvgIpc) is 2.18. The number of ether oxygens (including phenoxy) is 1. The monoisotopic (exact) mass is 214 g/mol. The van der Waals surface area contributed by atoms with Crippen molar-refractivity contribution in [3.05, 3.63) is 11.1 Å². The second-order valence-electron chi connectivity index (χ2n) is 3.05. The van der Waals surface area contributed by atoms with Gasteiger partial charge in [-0.25, -0.2) is 4.98 Å². The van der Waals surface area contributed by atoms with Crippen molar-refractivity contribution in [2.24, 2.45) is 0 Å². The van der Waals surface area contributed by atoms with Gasteiger partial charge in [-0.05, 0) is 18.5 Å². The Bertz CT molecular complexity index is 307. The van der Waals surface area contributed by atoms with E-state index in [0.29, 0.717) is 25.0 Å². The van der Waals surface area contributed by atoms with Gasteiger partial charge >= 0.3 is 0 Å². The number of aryl methyl sites for hydroxylation is 1. The van der Waals surface area contributed by atoms with Crippen molar-refractivity contribution < 1.29 is 4.74 Å². The van der Waals surface area contributed by atoms with E-state index in [-0.39, 0.29) is 5.28 Å². The fourth-order valence-electron chi connectivity index (χ4n) is 1.34. The summed E-state index contributed by atoms with van der Waals surface area (Å²) in [5, 5.41) is 0.249. The van der Waals surface area contributed by atoms with Gasteiger partial charge < -0.3 is 9.64 Å². The van der Waals surface area contributed by atoms with E-state index < -0.39 is 0 Å². The number of rotatable bonds is 1. The molecule has 6 heteroatoms. The van der Waals surface area contributed by atoms with Crippen molar-refractivity contribution in [1.29, 1.82) is 0 Å². The maximum atomic E-state index is 5.75. The fourth-order valence-corrected chi connectivity index (χ4v) is 1.54. The van der Waals surface area contributed by atoms with Crippen molar-refractivity contribution >= 4 is 17.5 Å². The normalized spacial score (nSPS) is 17.1. The van der Waals surface area contributed by atoms with E-state index in [1.807, 2.05) is 4.90 Å². The first kappa shape index (κ1) is 9.61.